The number of nitrogens with one attached hydrogen (secondary N) is 1. The van der Waals surface area contributed by atoms with Crippen LogP contribution in [0.25, 0.3) is 11.4 Å². The molecule has 0 aliphatic carbocycles. The molecule has 0 aliphatic heterocycles. The first-order valence-electron chi connectivity index (χ1n) is 6.09. The van der Waals surface area contributed by atoms with Gasteiger partial charge in [0.15, 0.2) is 11.6 Å². The van der Waals surface area contributed by atoms with Gasteiger partial charge in [0.05, 0.1) is 0 Å². The predicted octanol–water partition coefficient (Wildman–Crippen LogP) is 2.56. The molecular weight excluding hydrogens is 252 g/mol. The average Bonchev–Trinajstić information content (AvgIpc) is 2.87. The second-order valence-electron chi connectivity index (χ2n) is 4.24. The summed E-state index contributed by atoms with van der Waals surface area (Å²) in [5.41, 5.74) is 0.395. The Morgan fingerprint density at radius 2 is 2.11 bits per heavy atom. The highest BCUT2D eigenvalue weighted by atomic mass is 19.2. The molecule has 2 aromatic rings. The summed E-state index contributed by atoms with van der Waals surface area (Å²) in [6.45, 7) is 2.05. The molecular formula is C13H15F2N3O. The third kappa shape index (κ3) is 3.14. The van der Waals surface area contributed by atoms with Gasteiger partial charge in [0, 0.05) is 18.0 Å². The van der Waals surface area contributed by atoms with E-state index >= 15 is 0 Å². The van der Waals surface area contributed by atoms with Crippen LogP contribution in [0.5, 0.6) is 0 Å². The van der Waals surface area contributed by atoms with Crippen LogP contribution >= 0.6 is 0 Å². The molecule has 19 heavy (non-hydrogen) atoms. The molecule has 0 aliphatic rings. The van der Waals surface area contributed by atoms with Crippen LogP contribution in [0.15, 0.2) is 22.7 Å². The molecule has 1 N–H and O–H groups in total. The van der Waals surface area contributed by atoms with Crippen molar-refractivity contribution in [3.8, 4) is 11.4 Å². The molecule has 1 unspecified atom stereocenters. The van der Waals surface area contributed by atoms with Gasteiger partial charge in [0.25, 0.3) is 0 Å². The minimum Gasteiger partial charge on any atom is -0.339 e. The number of nitrogens with zero attached hydrogens (tertiary/aromatic N) is 2. The van der Waals surface area contributed by atoms with Gasteiger partial charge in [-0.1, -0.05) is 12.1 Å². The number of halogens is 2. The number of rotatable bonds is 5. The molecule has 102 valence electrons. The van der Waals surface area contributed by atoms with E-state index in [1.807, 2.05) is 14.0 Å². The Labute approximate surface area is 109 Å². The first-order valence-corrected chi connectivity index (χ1v) is 6.09. The zero-order valence-corrected chi connectivity index (χ0v) is 10.8. The fourth-order valence-corrected chi connectivity index (χ4v) is 1.75. The summed E-state index contributed by atoms with van der Waals surface area (Å²) in [6, 6.07) is 3.77. The average molecular weight is 267 g/mol. The quantitative estimate of drug-likeness (QED) is 0.904. The van der Waals surface area contributed by atoms with E-state index in [-0.39, 0.29) is 11.9 Å². The van der Waals surface area contributed by atoms with Crippen LogP contribution in [0.4, 0.5) is 8.78 Å². The van der Waals surface area contributed by atoms with Crippen LogP contribution in [0.1, 0.15) is 19.2 Å². The van der Waals surface area contributed by atoms with Gasteiger partial charge < -0.3 is 9.84 Å². The Morgan fingerprint density at radius 3 is 2.74 bits per heavy atom. The minimum atomic E-state index is -0.925. The van der Waals surface area contributed by atoms with E-state index in [0.29, 0.717) is 17.9 Å². The lowest BCUT2D eigenvalue weighted by Gasteiger charge is -2.09. The first kappa shape index (κ1) is 13.6. The van der Waals surface area contributed by atoms with Gasteiger partial charge in [-0.3, -0.25) is 0 Å². The molecule has 0 spiro atoms. The van der Waals surface area contributed by atoms with Crippen molar-refractivity contribution < 1.29 is 13.3 Å². The molecule has 0 amide bonds. The molecule has 1 aromatic carbocycles. The van der Waals surface area contributed by atoms with E-state index in [9.17, 15) is 8.78 Å². The summed E-state index contributed by atoms with van der Waals surface area (Å²) in [5, 5.41) is 6.90. The summed E-state index contributed by atoms with van der Waals surface area (Å²) in [4.78, 5) is 4.18. The van der Waals surface area contributed by atoms with E-state index < -0.39 is 11.6 Å². The fourth-order valence-electron chi connectivity index (χ4n) is 1.75. The summed E-state index contributed by atoms with van der Waals surface area (Å²) in [5.74, 6) is -1.08. The van der Waals surface area contributed by atoms with E-state index in [0.717, 1.165) is 18.6 Å². The lowest BCUT2D eigenvalue weighted by atomic mass is 10.1. The highest BCUT2D eigenvalue weighted by Crippen LogP contribution is 2.19. The Kier molecular flexibility index (Phi) is 4.21. The summed E-state index contributed by atoms with van der Waals surface area (Å²) < 4.78 is 31.1. The molecule has 2 rings (SSSR count). The number of benzene rings is 1. The Balaban J connectivity index is 2.18. The SMILES string of the molecule is CCC(Cc1nc(-c2ccc(F)c(F)c2)no1)NC. The van der Waals surface area contributed by atoms with Crippen LogP contribution in [-0.4, -0.2) is 23.2 Å². The molecule has 0 saturated heterocycles. The zero-order valence-electron chi connectivity index (χ0n) is 10.8. The molecule has 6 heteroatoms. The van der Waals surface area contributed by atoms with Crippen molar-refractivity contribution in [1.29, 1.82) is 0 Å². The molecule has 1 atom stereocenters. The Bertz CT molecular complexity index is 553. The van der Waals surface area contributed by atoms with Crippen molar-refractivity contribution in [3.05, 3.63) is 35.7 Å². The van der Waals surface area contributed by atoms with Crippen LogP contribution in [0, 0.1) is 11.6 Å². The van der Waals surface area contributed by atoms with Gasteiger partial charge in [0.2, 0.25) is 11.7 Å². The highest BCUT2D eigenvalue weighted by molar-refractivity contribution is 5.54. The topological polar surface area (TPSA) is 51.0 Å². The second kappa shape index (κ2) is 5.88. The van der Waals surface area contributed by atoms with E-state index in [2.05, 4.69) is 15.5 Å². The monoisotopic (exact) mass is 267 g/mol. The zero-order chi connectivity index (χ0) is 13.8. The second-order valence-corrected chi connectivity index (χ2v) is 4.24. The van der Waals surface area contributed by atoms with E-state index in [1.165, 1.54) is 6.07 Å². The molecule has 1 heterocycles. The third-order valence-corrected chi connectivity index (χ3v) is 2.97. The summed E-state index contributed by atoms with van der Waals surface area (Å²) in [6.07, 6.45) is 1.53. The van der Waals surface area contributed by atoms with Crippen molar-refractivity contribution in [2.45, 2.75) is 25.8 Å². The highest BCUT2D eigenvalue weighted by Gasteiger charge is 2.14. The number of likely N-dealkylation sites (N-methyl/N-ethyl adjacent to an activating group) is 1. The number of hydrogen-bond donors (Lipinski definition) is 1. The Hall–Kier alpha value is -1.82. The standard InChI is InChI=1S/C13H15F2N3O/c1-3-9(16-2)7-12-17-13(18-19-12)8-4-5-10(14)11(15)6-8/h4-6,9,16H,3,7H2,1-2H3. The van der Waals surface area contributed by atoms with Crippen molar-refractivity contribution >= 4 is 0 Å². The molecule has 0 radical (unpaired) electrons. The van der Waals surface area contributed by atoms with Gasteiger partial charge in [0.1, 0.15) is 0 Å². The molecule has 4 nitrogen and oxygen atoms in total. The number of hydrogen-bond acceptors (Lipinski definition) is 4. The Morgan fingerprint density at radius 1 is 1.32 bits per heavy atom. The predicted molar refractivity (Wildman–Crippen MR) is 66.5 cm³/mol. The van der Waals surface area contributed by atoms with Crippen molar-refractivity contribution in [2.75, 3.05) is 7.05 Å². The summed E-state index contributed by atoms with van der Waals surface area (Å²) in [7, 11) is 1.86. The van der Waals surface area contributed by atoms with Gasteiger partial charge >= 0.3 is 0 Å². The van der Waals surface area contributed by atoms with Crippen molar-refractivity contribution in [1.82, 2.24) is 15.5 Å². The van der Waals surface area contributed by atoms with Crippen LogP contribution < -0.4 is 5.32 Å². The van der Waals surface area contributed by atoms with Gasteiger partial charge in [-0.2, -0.15) is 4.98 Å². The maximum absolute atomic E-state index is 13.1. The number of aromatic nitrogens is 2. The maximum atomic E-state index is 13.1. The minimum absolute atomic E-state index is 0.248. The first-order chi connectivity index (χ1) is 9.13. The van der Waals surface area contributed by atoms with E-state index in [1.54, 1.807) is 0 Å². The van der Waals surface area contributed by atoms with Crippen LogP contribution in [0.2, 0.25) is 0 Å². The summed E-state index contributed by atoms with van der Waals surface area (Å²) >= 11 is 0. The third-order valence-electron chi connectivity index (χ3n) is 2.97. The van der Waals surface area contributed by atoms with Crippen LogP contribution in [0.3, 0.4) is 0 Å². The molecule has 0 fully saturated rings. The lowest BCUT2D eigenvalue weighted by Crippen LogP contribution is -2.26. The molecule has 1 aromatic heterocycles. The maximum Gasteiger partial charge on any atom is 0.228 e. The van der Waals surface area contributed by atoms with Gasteiger partial charge in [-0.15, -0.1) is 0 Å². The smallest absolute Gasteiger partial charge is 0.228 e. The van der Waals surface area contributed by atoms with Gasteiger partial charge in [-0.05, 0) is 31.7 Å². The van der Waals surface area contributed by atoms with Crippen molar-refractivity contribution in [2.24, 2.45) is 0 Å². The van der Waals surface area contributed by atoms with E-state index in [4.69, 9.17) is 4.52 Å². The largest absolute Gasteiger partial charge is 0.339 e. The van der Waals surface area contributed by atoms with Gasteiger partial charge in [-0.25, -0.2) is 8.78 Å². The lowest BCUT2D eigenvalue weighted by molar-refractivity contribution is 0.359. The van der Waals surface area contributed by atoms with Crippen molar-refractivity contribution in [3.63, 3.8) is 0 Å². The molecule has 0 bridgehead atoms. The van der Waals surface area contributed by atoms with Crippen LogP contribution in [-0.2, 0) is 6.42 Å². The molecule has 0 saturated carbocycles. The normalized spacial score (nSPS) is 12.6. The fraction of sp³-hybridized carbons (Fsp3) is 0.385.